The standard InChI is InChI=1S/C33H28F3N3O3S/c1-21-9-6-7-12-24(21)19-29(39-31(41)23-10-4-3-5-11-23)32(42)37-26-15-17-28(18-16-26)43-22(2)30(40)38-27-14-8-13-25(20-27)33(34,35)36/h3-20,22H,1-2H3,(H,37,42)(H,38,40)(H,39,41)/b29-19-. The van der Waals surface area contributed by atoms with Crippen LogP contribution < -0.4 is 16.0 Å². The summed E-state index contributed by atoms with van der Waals surface area (Å²) in [5.74, 6) is -1.41. The molecule has 220 valence electrons. The summed E-state index contributed by atoms with van der Waals surface area (Å²) in [6.45, 7) is 3.54. The van der Waals surface area contributed by atoms with Crippen molar-refractivity contribution in [3.63, 3.8) is 0 Å². The fourth-order valence-corrected chi connectivity index (χ4v) is 4.80. The first-order valence-electron chi connectivity index (χ1n) is 13.2. The normalized spacial score (nSPS) is 12.3. The second kappa shape index (κ2) is 13.9. The highest BCUT2D eigenvalue weighted by Gasteiger charge is 2.30. The minimum atomic E-state index is -4.51. The lowest BCUT2D eigenvalue weighted by molar-refractivity contribution is -0.137. The monoisotopic (exact) mass is 603 g/mol. The largest absolute Gasteiger partial charge is 0.416 e. The van der Waals surface area contributed by atoms with Gasteiger partial charge in [-0.2, -0.15) is 13.2 Å². The second-order valence-corrected chi connectivity index (χ2v) is 11.0. The van der Waals surface area contributed by atoms with Crippen molar-refractivity contribution in [2.75, 3.05) is 10.6 Å². The Hall–Kier alpha value is -4.83. The molecule has 4 aromatic rings. The number of hydrogen-bond donors (Lipinski definition) is 3. The van der Waals surface area contributed by atoms with Gasteiger partial charge in [0.25, 0.3) is 11.8 Å². The van der Waals surface area contributed by atoms with Crippen LogP contribution in [0.2, 0.25) is 0 Å². The van der Waals surface area contributed by atoms with Crippen molar-refractivity contribution >= 4 is 46.9 Å². The smallest absolute Gasteiger partial charge is 0.325 e. The van der Waals surface area contributed by atoms with Crippen molar-refractivity contribution < 1.29 is 27.6 Å². The molecular formula is C33H28F3N3O3S. The molecule has 0 heterocycles. The molecular weight excluding hydrogens is 575 g/mol. The fourth-order valence-electron chi connectivity index (χ4n) is 3.94. The second-order valence-electron chi connectivity index (χ2n) is 9.54. The minimum Gasteiger partial charge on any atom is -0.325 e. The van der Waals surface area contributed by atoms with Crippen molar-refractivity contribution in [1.29, 1.82) is 0 Å². The summed E-state index contributed by atoms with van der Waals surface area (Å²) in [4.78, 5) is 39.5. The van der Waals surface area contributed by atoms with Gasteiger partial charge in [-0.1, -0.05) is 48.5 Å². The number of benzene rings is 4. The highest BCUT2D eigenvalue weighted by molar-refractivity contribution is 8.00. The molecule has 0 bridgehead atoms. The number of amides is 3. The molecule has 0 aliphatic rings. The Kier molecular flexibility index (Phi) is 10.0. The van der Waals surface area contributed by atoms with Crippen LogP contribution in [0.3, 0.4) is 0 Å². The van der Waals surface area contributed by atoms with E-state index in [1.165, 1.54) is 23.9 Å². The number of halogens is 3. The van der Waals surface area contributed by atoms with Gasteiger partial charge in [0.15, 0.2) is 0 Å². The third-order valence-corrected chi connectivity index (χ3v) is 7.38. The lowest BCUT2D eigenvalue weighted by Crippen LogP contribution is -2.30. The number of alkyl halides is 3. The molecule has 0 aliphatic carbocycles. The van der Waals surface area contributed by atoms with E-state index in [4.69, 9.17) is 0 Å². The van der Waals surface area contributed by atoms with Crippen molar-refractivity contribution in [2.45, 2.75) is 30.2 Å². The molecule has 0 saturated carbocycles. The van der Waals surface area contributed by atoms with Crippen LogP contribution in [0, 0.1) is 6.92 Å². The molecule has 0 aromatic heterocycles. The van der Waals surface area contributed by atoms with Gasteiger partial charge < -0.3 is 16.0 Å². The van der Waals surface area contributed by atoms with Crippen LogP contribution in [0.4, 0.5) is 24.5 Å². The van der Waals surface area contributed by atoms with Gasteiger partial charge in [0.2, 0.25) is 5.91 Å². The molecule has 0 saturated heterocycles. The van der Waals surface area contributed by atoms with Gasteiger partial charge in [-0.15, -0.1) is 11.8 Å². The first kappa shape index (κ1) is 31.1. The Morgan fingerprint density at radius 3 is 2.14 bits per heavy atom. The molecule has 3 amide bonds. The lowest BCUT2D eigenvalue weighted by Gasteiger charge is -2.14. The molecule has 0 radical (unpaired) electrons. The van der Waals surface area contributed by atoms with Crippen molar-refractivity contribution in [3.8, 4) is 0 Å². The van der Waals surface area contributed by atoms with Crippen LogP contribution in [0.5, 0.6) is 0 Å². The van der Waals surface area contributed by atoms with E-state index in [0.29, 0.717) is 16.1 Å². The van der Waals surface area contributed by atoms with Crippen LogP contribution in [0.25, 0.3) is 6.08 Å². The van der Waals surface area contributed by atoms with Crippen LogP contribution in [0.1, 0.15) is 34.0 Å². The van der Waals surface area contributed by atoms with Crippen molar-refractivity contribution in [3.05, 3.63) is 131 Å². The topological polar surface area (TPSA) is 87.3 Å². The zero-order valence-electron chi connectivity index (χ0n) is 23.2. The number of nitrogens with one attached hydrogen (secondary N) is 3. The first-order valence-corrected chi connectivity index (χ1v) is 14.1. The van der Waals surface area contributed by atoms with E-state index < -0.39 is 34.7 Å². The molecule has 43 heavy (non-hydrogen) atoms. The number of thioether (sulfide) groups is 1. The number of rotatable bonds is 9. The molecule has 0 fully saturated rings. The van der Waals surface area contributed by atoms with Crippen LogP contribution in [-0.4, -0.2) is 23.0 Å². The Morgan fingerprint density at radius 2 is 1.47 bits per heavy atom. The average molecular weight is 604 g/mol. The summed E-state index contributed by atoms with van der Waals surface area (Å²) < 4.78 is 38.9. The van der Waals surface area contributed by atoms with Crippen molar-refractivity contribution in [2.24, 2.45) is 0 Å². The van der Waals surface area contributed by atoms with E-state index in [0.717, 1.165) is 23.3 Å². The summed E-state index contributed by atoms with van der Waals surface area (Å²) in [7, 11) is 0. The van der Waals surface area contributed by atoms with Gasteiger partial charge in [-0.25, -0.2) is 0 Å². The zero-order valence-corrected chi connectivity index (χ0v) is 24.1. The first-order chi connectivity index (χ1) is 20.5. The number of hydrogen-bond acceptors (Lipinski definition) is 4. The number of carbonyl (C=O) groups is 3. The maximum Gasteiger partial charge on any atom is 0.416 e. The Bertz CT molecular complexity index is 1640. The van der Waals surface area contributed by atoms with Gasteiger partial charge in [-0.05, 0) is 85.6 Å². The van der Waals surface area contributed by atoms with Crippen LogP contribution in [-0.2, 0) is 15.8 Å². The molecule has 3 N–H and O–H groups in total. The third-order valence-electron chi connectivity index (χ3n) is 6.27. The van der Waals surface area contributed by atoms with Gasteiger partial charge in [0.05, 0.1) is 10.8 Å². The number of carbonyl (C=O) groups excluding carboxylic acids is 3. The highest BCUT2D eigenvalue weighted by atomic mass is 32.2. The minimum absolute atomic E-state index is 0.0549. The van der Waals surface area contributed by atoms with Crippen LogP contribution >= 0.6 is 11.8 Å². The Balaban J connectivity index is 1.42. The predicted molar refractivity (Wildman–Crippen MR) is 164 cm³/mol. The van der Waals surface area contributed by atoms with Gasteiger partial charge in [0, 0.05) is 21.8 Å². The number of anilines is 2. The molecule has 1 atom stereocenters. The average Bonchev–Trinajstić information content (AvgIpc) is 2.99. The summed E-state index contributed by atoms with van der Waals surface area (Å²) in [5, 5.41) is 7.40. The van der Waals surface area contributed by atoms with Crippen molar-refractivity contribution in [1.82, 2.24) is 5.32 Å². The SMILES string of the molecule is Cc1ccccc1/C=C(\NC(=O)c1ccccc1)C(=O)Nc1ccc(SC(C)C(=O)Nc2cccc(C(F)(F)F)c2)cc1. The lowest BCUT2D eigenvalue weighted by atomic mass is 10.1. The Morgan fingerprint density at radius 1 is 0.791 bits per heavy atom. The molecule has 6 nitrogen and oxygen atoms in total. The van der Waals surface area contributed by atoms with E-state index >= 15 is 0 Å². The zero-order chi connectivity index (χ0) is 31.0. The van der Waals surface area contributed by atoms with E-state index in [9.17, 15) is 27.6 Å². The predicted octanol–water partition coefficient (Wildman–Crippen LogP) is 7.54. The molecule has 0 aliphatic heterocycles. The summed E-state index contributed by atoms with van der Waals surface area (Å²) in [5.41, 5.74) is 1.82. The quantitative estimate of drug-likeness (QED) is 0.136. The molecule has 10 heteroatoms. The molecule has 4 rings (SSSR count). The summed E-state index contributed by atoms with van der Waals surface area (Å²) in [6.07, 6.45) is -2.90. The maximum absolute atomic E-state index is 13.3. The third kappa shape index (κ3) is 8.83. The van der Waals surface area contributed by atoms with Gasteiger partial charge in [-0.3, -0.25) is 14.4 Å². The van der Waals surface area contributed by atoms with E-state index in [1.54, 1.807) is 67.6 Å². The fraction of sp³-hybridized carbons (Fsp3) is 0.121. The Labute approximate surface area is 251 Å². The summed E-state index contributed by atoms with van der Waals surface area (Å²) in [6, 6.07) is 27.2. The van der Waals surface area contributed by atoms with Gasteiger partial charge >= 0.3 is 6.18 Å². The van der Waals surface area contributed by atoms with E-state index in [1.807, 2.05) is 31.2 Å². The molecule has 0 spiro atoms. The van der Waals surface area contributed by atoms with E-state index in [-0.39, 0.29) is 11.4 Å². The number of aryl methyl sites for hydroxylation is 1. The maximum atomic E-state index is 13.3. The highest BCUT2D eigenvalue weighted by Crippen LogP contribution is 2.31. The van der Waals surface area contributed by atoms with Gasteiger partial charge in [0.1, 0.15) is 5.70 Å². The summed E-state index contributed by atoms with van der Waals surface area (Å²) >= 11 is 1.21. The van der Waals surface area contributed by atoms with E-state index in [2.05, 4.69) is 16.0 Å². The molecule has 4 aromatic carbocycles. The molecule has 1 unspecified atom stereocenters. The van der Waals surface area contributed by atoms with Crippen LogP contribution in [0.15, 0.2) is 114 Å².